The van der Waals surface area contributed by atoms with E-state index in [0.717, 1.165) is 24.7 Å². The molecule has 0 aliphatic rings. The molecule has 0 atom stereocenters. The Morgan fingerprint density at radius 2 is 0.536 bits per heavy atom. The topological polar surface area (TPSA) is 18.5 Å². The van der Waals surface area contributed by atoms with Crippen LogP contribution in [0.15, 0.2) is 0 Å². The fraction of sp³-hybridized carbons (Fsp3) is 0.538. The van der Waals surface area contributed by atoms with Gasteiger partial charge in [-0.1, -0.05) is 0 Å². The Morgan fingerprint density at radius 1 is 0.357 bits per heavy atom. The van der Waals surface area contributed by atoms with E-state index in [2.05, 4.69) is 69.2 Å². The molecule has 28 heavy (non-hydrogen) atoms. The number of ether oxygens (including phenoxy) is 2. The molecule has 0 amide bonds. The van der Waals surface area contributed by atoms with E-state index < -0.39 is 0 Å². The minimum absolute atomic E-state index is 0.740. The third-order valence-corrected chi connectivity index (χ3v) is 6.44. The molecule has 0 N–H and O–H groups in total. The van der Waals surface area contributed by atoms with Crippen molar-refractivity contribution in [3.05, 3.63) is 55.6 Å². The van der Waals surface area contributed by atoms with E-state index in [0.29, 0.717) is 0 Å². The minimum atomic E-state index is 0.740. The average Bonchev–Trinajstić information content (AvgIpc) is 2.69. The number of rotatable bonds is 4. The van der Waals surface area contributed by atoms with Crippen molar-refractivity contribution >= 4 is 0 Å². The Labute approximate surface area is 173 Å². The Kier molecular flexibility index (Phi) is 8.60. The van der Waals surface area contributed by atoms with Crippen molar-refractivity contribution in [3.63, 3.8) is 0 Å². The van der Waals surface area contributed by atoms with Gasteiger partial charge in [-0.25, -0.2) is 0 Å². The van der Waals surface area contributed by atoms with Crippen molar-refractivity contribution in [1.82, 2.24) is 0 Å². The fourth-order valence-electron chi connectivity index (χ4n) is 3.65. The molecule has 0 heterocycles. The van der Waals surface area contributed by atoms with E-state index in [1.165, 1.54) is 55.6 Å². The lowest BCUT2D eigenvalue weighted by molar-refractivity contribution is 0.334. The molecular formula is C26H40O2. The second-order valence-corrected chi connectivity index (χ2v) is 7.77. The number of hydrogen-bond donors (Lipinski definition) is 0. The second kappa shape index (κ2) is 10.0. The molecule has 2 aromatic rings. The van der Waals surface area contributed by atoms with Crippen LogP contribution in [0.1, 0.15) is 69.5 Å². The zero-order valence-corrected chi connectivity index (χ0v) is 20.2. The van der Waals surface area contributed by atoms with Gasteiger partial charge in [0.05, 0.1) is 13.2 Å². The van der Waals surface area contributed by atoms with Gasteiger partial charge in [-0.3, -0.25) is 0 Å². The van der Waals surface area contributed by atoms with Crippen LogP contribution in [0, 0.1) is 69.2 Å². The summed E-state index contributed by atoms with van der Waals surface area (Å²) in [4.78, 5) is 0. The Morgan fingerprint density at radius 3 is 0.714 bits per heavy atom. The monoisotopic (exact) mass is 384 g/mol. The summed E-state index contributed by atoms with van der Waals surface area (Å²) in [6, 6.07) is 0. The van der Waals surface area contributed by atoms with E-state index in [4.69, 9.17) is 9.47 Å². The highest BCUT2D eigenvalue weighted by atomic mass is 16.5. The third kappa shape index (κ3) is 4.71. The summed E-state index contributed by atoms with van der Waals surface area (Å²) in [6.45, 7) is 27.1. The van der Waals surface area contributed by atoms with Crippen molar-refractivity contribution < 1.29 is 9.47 Å². The van der Waals surface area contributed by atoms with Crippen molar-refractivity contribution in [2.45, 2.75) is 83.1 Å². The summed E-state index contributed by atoms with van der Waals surface area (Å²) in [5, 5.41) is 0. The summed E-state index contributed by atoms with van der Waals surface area (Å²) in [5.41, 5.74) is 13.4. The molecule has 0 aromatic heterocycles. The summed E-state index contributed by atoms with van der Waals surface area (Å²) < 4.78 is 11.4. The molecule has 0 spiro atoms. The zero-order valence-electron chi connectivity index (χ0n) is 20.2. The van der Waals surface area contributed by atoms with Gasteiger partial charge in [-0.2, -0.15) is 0 Å². The lowest BCUT2D eigenvalue weighted by Gasteiger charge is -2.18. The predicted molar refractivity (Wildman–Crippen MR) is 123 cm³/mol. The normalized spacial score (nSPS) is 10.4. The molecule has 156 valence electrons. The largest absolute Gasteiger partial charge is 0.493 e. The van der Waals surface area contributed by atoms with Crippen molar-refractivity contribution in [2.75, 3.05) is 13.2 Å². The first-order valence-corrected chi connectivity index (χ1v) is 10.4. The molecule has 0 saturated heterocycles. The van der Waals surface area contributed by atoms with Gasteiger partial charge in [-0.05, 0) is 139 Å². The average molecular weight is 385 g/mol. The van der Waals surface area contributed by atoms with Crippen LogP contribution in [0.25, 0.3) is 0 Å². The molecule has 0 saturated carbocycles. The van der Waals surface area contributed by atoms with E-state index in [9.17, 15) is 0 Å². The van der Waals surface area contributed by atoms with E-state index in [1.807, 2.05) is 13.8 Å². The van der Waals surface area contributed by atoms with Crippen LogP contribution in [-0.2, 0) is 0 Å². The van der Waals surface area contributed by atoms with Crippen LogP contribution in [0.2, 0.25) is 0 Å². The van der Waals surface area contributed by atoms with E-state index in [-0.39, 0.29) is 0 Å². The van der Waals surface area contributed by atoms with E-state index in [1.54, 1.807) is 0 Å². The number of benzene rings is 2. The molecular weight excluding hydrogens is 344 g/mol. The van der Waals surface area contributed by atoms with Crippen LogP contribution in [0.3, 0.4) is 0 Å². The molecule has 0 aliphatic heterocycles. The molecule has 0 bridgehead atoms. The van der Waals surface area contributed by atoms with Gasteiger partial charge in [0.15, 0.2) is 0 Å². The van der Waals surface area contributed by atoms with Gasteiger partial charge < -0.3 is 9.47 Å². The smallest absolute Gasteiger partial charge is 0.125 e. The van der Waals surface area contributed by atoms with Crippen molar-refractivity contribution in [2.24, 2.45) is 0 Å². The first-order chi connectivity index (χ1) is 13.0. The lowest BCUT2D eigenvalue weighted by atomic mass is 9.94. The van der Waals surface area contributed by atoms with Crippen LogP contribution in [0.5, 0.6) is 11.5 Å². The maximum atomic E-state index is 5.68. The van der Waals surface area contributed by atoms with Crippen molar-refractivity contribution in [3.8, 4) is 11.5 Å². The summed E-state index contributed by atoms with van der Waals surface area (Å²) in [6.07, 6.45) is 0. The highest BCUT2D eigenvalue weighted by Crippen LogP contribution is 2.32. The standard InChI is InChI=1S/2C13H20O/c2*1-7-14-13-11(5)9(3)8(2)10(4)12(13)6/h2*7H2,1-6H3. The van der Waals surface area contributed by atoms with E-state index >= 15 is 0 Å². The van der Waals surface area contributed by atoms with Crippen LogP contribution in [0.4, 0.5) is 0 Å². The zero-order chi connectivity index (χ0) is 21.8. The minimum Gasteiger partial charge on any atom is -0.493 e. The molecule has 2 rings (SSSR count). The molecule has 2 heteroatoms. The Hall–Kier alpha value is -1.96. The second-order valence-electron chi connectivity index (χ2n) is 7.77. The van der Waals surface area contributed by atoms with Crippen LogP contribution >= 0.6 is 0 Å². The van der Waals surface area contributed by atoms with Gasteiger partial charge in [-0.15, -0.1) is 0 Å². The highest BCUT2D eigenvalue weighted by molar-refractivity contribution is 5.54. The Bertz CT molecular complexity index is 715. The summed E-state index contributed by atoms with van der Waals surface area (Å²) in [5.74, 6) is 2.15. The van der Waals surface area contributed by atoms with Crippen LogP contribution < -0.4 is 9.47 Å². The fourth-order valence-corrected chi connectivity index (χ4v) is 3.65. The van der Waals surface area contributed by atoms with Gasteiger partial charge in [0.1, 0.15) is 11.5 Å². The first-order valence-electron chi connectivity index (χ1n) is 10.4. The summed E-state index contributed by atoms with van der Waals surface area (Å²) in [7, 11) is 0. The van der Waals surface area contributed by atoms with Gasteiger partial charge in [0, 0.05) is 0 Å². The van der Waals surface area contributed by atoms with Gasteiger partial charge >= 0.3 is 0 Å². The Balaban J connectivity index is 0.000000280. The van der Waals surface area contributed by atoms with Gasteiger partial charge in [0.2, 0.25) is 0 Å². The lowest BCUT2D eigenvalue weighted by Crippen LogP contribution is -2.02. The molecule has 0 radical (unpaired) electrons. The van der Waals surface area contributed by atoms with Crippen LogP contribution in [-0.4, -0.2) is 13.2 Å². The highest BCUT2D eigenvalue weighted by Gasteiger charge is 2.13. The molecule has 0 fully saturated rings. The first kappa shape index (κ1) is 24.1. The molecule has 0 aliphatic carbocycles. The maximum absolute atomic E-state index is 5.68. The number of hydrogen-bond acceptors (Lipinski definition) is 2. The summed E-state index contributed by atoms with van der Waals surface area (Å²) >= 11 is 0. The third-order valence-electron chi connectivity index (χ3n) is 6.44. The molecule has 0 unspecified atom stereocenters. The SMILES string of the molecule is CCOc1c(C)c(C)c(C)c(C)c1C.CCOc1c(C)c(C)c(C)c(C)c1C. The molecule has 2 aromatic carbocycles. The quantitative estimate of drug-likeness (QED) is 0.552. The van der Waals surface area contributed by atoms with Crippen molar-refractivity contribution in [1.29, 1.82) is 0 Å². The van der Waals surface area contributed by atoms with Gasteiger partial charge in [0.25, 0.3) is 0 Å². The maximum Gasteiger partial charge on any atom is 0.125 e. The predicted octanol–water partition coefficient (Wildman–Crippen LogP) is 7.25. The molecule has 2 nitrogen and oxygen atoms in total.